The standard InChI is InChI=1S/C21H18N2/c1-13-6-4-7-14(12-13)15-10-5-11-18-19(15)21(23)17-9-3-2-8-16(17)20(18)22/h2-12H,22-23H2,1H3. The summed E-state index contributed by atoms with van der Waals surface area (Å²) in [7, 11) is 0. The number of hydrogen-bond donors (Lipinski definition) is 2. The number of aryl methyl sites for hydroxylation is 1. The molecule has 0 saturated heterocycles. The summed E-state index contributed by atoms with van der Waals surface area (Å²) < 4.78 is 0. The summed E-state index contributed by atoms with van der Waals surface area (Å²) in [6.07, 6.45) is 0. The summed E-state index contributed by atoms with van der Waals surface area (Å²) in [6, 6.07) is 22.7. The van der Waals surface area contributed by atoms with Gasteiger partial charge >= 0.3 is 0 Å². The maximum absolute atomic E-state index is 6.54. The molecule has 0 amide bonds. The van der Waals surface area contributed by atoms with E-state index in [0.717, 1.165) is 44.0 Å². The van der Waals surface area contributed by atoms with Crippen molar-refractivity contribution in [3.05, 3.63) is 72.3 Å². The lowest BCUT2D eigenvalue weighted by Gasteiger charge is -2.15. The molecule has 23 heavy (non-hydrogen) atoms. The molecule has 4 rings (SSSR count). The Bertz CT molecular complexity index is 1050. The van der Waals surface area contributed by atoms with E-state index in [-0.39, 0.29) is 0 Å². The van der Waals surface area contributed by atoms with Crippen LogP contribution in [-0.2, 0) is 0 Å². The second-order valence-electron chi connectivity index (χ2n) is 5.97. The van der Waals surface area contributed by atoms with Crippen molar-refractivity contribution >= 4 is 32.9 Å². The number of rotatable bonds is 1. The van der Waals surface area contributed by atoms with Crippen LogP contribution in [0.5, 0.6) is 0 Å². The topological polar surface area (TPSA) is 52.0 Å². The van der Waals surface area contributed by atoms with Gasteiger partial charge in [0.15, 0.2) is 0 Å². The highest BCUT2D eigenvalue weighted by Gasteiger charge is 2.13. The number of hydrogen-bond acceptors (Lipinski definition) is 2. The fraction of sp³-hybridized carbons (Fsp3) is 0.0476. The Morgan fingerprint density at radius 3 is 2.04 bits per heavy atom. The highest BCUT2D eigenvalue weighted by molar-refractivity contribution is 6.22. The lowest BCUT2D eigenvalue weighted by molar-refractivity contribution is 1.47. The smallest absolute Gasteiger partial charge is 0.0481 e. The van der Waals surface area contributed by atoms with E-state index in [0.29, 0.717) is 0 Å². The van der Waals surface area contributed by atoms with E-state index in [1.807, 2.05) is 36.4 Å². The van der Waals surface area contributed by atoms with Gasteiger partial charge in [-0.1, -0.05) is 72.3 Å². The van der Waals surface area contributed by atoms with Crippen molar-refractivity contribution in [3.63, 3.8) is 0 Å². The highest BCUT2D eigenvalue weighted by atomic mass is 14.6. The van der Waals surface area contributed by atoms with Crippen LogP contribution >= 0.6 is 0 Å². The van der Waals surface area contributed by atoms with Crippen molar-refractivity contribution in [3.8, 4) is 11.1 Å². The molecular weight excluding hydrogens is 280 g/mol. The fourth-order valence-electron chi connectivity index (χ4n) is 3.35. The minimum atomic E-state index is 0.791. The maximum atomic E-state index is 6.54. The molecule has 0 atom stereocenters. The summed E-state index contributed by atoms with van der Waals surface area (Å²) in [5, 5.41) is 4.08. The van der Waals surface area contributed by atoms with Gasteiger partial charge in [-0.3, -0.25) is 0 Å². The maximum Gasteiger partial charge on any atom is 0.0481 e. The normalized spacial score (nSPS) is 11.2. The molecule has 0 aliphatic heterocycles. The first kappa shape index (κ1) is 13.6. The first-order valence-electron chi connectivity index (χ1n) is 7.72. The van der Waals surface area contributed by atoms with Gasteiger partial charge in [-0.2, -0.15) is 0 Å². The lowest BCUT2D eigenvalue weighted by atomic mass is 9.92. The van der Waals surface area contributed by atoms with Crippen LogP contribution in [0.3, 0.4) is 0 Å². The van der Waals surface area contributed by atoms with Gasteiger partial charge in [0, 0.05) is 32.9 Å². The number of nitrogens with two attached hydrogens (primary N) is 2. The zero-order valence-electron chi connectivity index (χ0n) is 13.0. The predicted octanol–water partition coefficient (Wildman–Crippen LogP) is 5.13. The largest absolute Gasteiger partial charge is 0.398 e. The molecule has 0 radical (unpaired) electrons. The molecule has 2 nitrogen and oxygen atoms in total. The van der Waals surface area contributed by atoms with Crippen molar-refractivity contribution in [1.82, 2.24) is 0 Å². The zero-order valence-corrected chi connectivity index (χ0v) is 13.0. The number of nitrogen functional groups attached to an aromatic ring is 2. The summed E-state index contributed by atoms with van der Waals surface area (Å²) in [5.74, 6) is 0. The first-order chi connectivity index (χ1) is 11.2. The van der Waals surface area contributed by atoms with E-state index in [2.05, 4.69) is 37.3 Å². The zero-order chi connectivity index (χ0) is 16.0. The second kappa shape index (κ2) is 5.03. The molecule has 0 heterocycles. The molecule has 4 aromatic carbocycles. The van der Waals surface area contributed by atoms with Crippen LogP contribution in [-0.4, -0.2) is 0 Å². The summed E-state index contributed by atoms with van der Waals surface area (Å²) in [6.45, 7) is 2.10. The van der Waals surface area contributed by atoms with Crippen LogP contribution in [0.2, 0.25) is 0 Å². The number of benzene rings is 4. The summed E-state index contributed by atoms with van der Waals surface area (Å²) in [5.41, 5.74) is 18.1. The Morgan fingerprint density at radius 2 is 1.30 bits per heavy atom. The molecule has 0 aliphatic carbocycles. The minimum absolute atomic E-state index is 0.791. The van der Waals surface area contributed by atoms with Crippen LogP contribution in [0.15, 0.2) is 66.7 Å². The van der Waals surface area contributed by atoms with Gasteiger partial charge in [0.05, 0.1) is 0 Å². The third kappa shape index (κ3) is 2.03. The third-order valence-corrected chi connectivity index (χ3v) is 4.46. The number of fused-ring (bicyclic) bond motifs is 2. The molecule has 112 valence electrons. The monoisotopic (exact) mass is 298 g/mol. The minimum Gasteiger partial charge on any atom is -0.398 e. The fourth-order valence-corrected chi connectivity index (χ4v) is 3.35. The van der Waals surface area contributed by atoms with Crippen molar-refractivity contribution < 1.29 is 0 Å². The average molecular weight is 298 g/mol. The molecule has 0 unspecified atom stereocenters. The Balaban J connectivity index is 2.19. The van der Waals surface area contributed by atoms with Gasteiger partial charge in [-0.25, -0.2) is 0 Å². The Morgan fingerprint density at radius 1 is 0.652 bits per heavy atom. The van der Waals surface area contributed by atoms with Crippen molar-refractivity contribution in [2.45, 2.75) is 6.92 Å². The van der Waals surface area contributed by atoms with Crippen molar-refractivity contribution in [2.24, 2.45) is 0 Å². The van der Waals surface area contributed by atoms with Crippen molar-refractivity contribution in [2.75, 3.05) is 11.5 Å². The molecule has 0 saturated carbocycles. The highest BCUT2D eigenvalue weighted by Crippen LogP contribution is 2.41. The van der Waals surface area contributed by atoms with Gasteiger partial charge in [0.1, 0.15) is 0 Å². The Hall–Kier alpha value is -3.00. The molecular formula is C21H18N2. The van der Waals surface area contributed by atoms with E-state index in [1.165, 1.54) is 5.56 Å². The third-order valence-electron chi connectivity index (χ3n) is 4.46. The molecule has 0 aliphatic rings. The quantitative estimate of drug-likeness (QED) is 0.291. The number of anilines is 2. The predicted molar refractivity (Wildman–Crippen MR) is 100 cm³/mol. The second-order valence-corrected chi connectivity index (χ2v) is 5.97. The van der Waals surface area contributed by atoms with Crippen molar-refractivity contribution in [1.29, 1.82) is 0 Å². The van der Waals surface area contributed by atoms with Crippen LogP contribution in [0.25, 0.3) is 32.7 Å². The van der Waals surface area contributed by atoms with Crippen LogP contribution in [0, 0.1) is 6.92 Å². The molecule has 0 bridgehead atoms. The van der Waals surface area contributed by atoms with Gasteiger partial charge < -0.3 is 11.5 Å². The van der Waals surface area contributed by atoms with E-state index >= 15 is 0 Å². The molecule has 2 heteroatoms. The molecule has 4 N–H and O–H groups in total. The van der Waals surface area contributed by atoms with E-state index in [4.69, 9.17) is 11.5 Å². The van der Waals surface area contributed by atoms with Gasteiger partial charge in [0.25, 0.3) is 0 Å². The molecule has 0 fully saturated rings. The van der Waals surface area contributed by atoms with E-state index in [1.54, 1.807) is 0 Å². The Kier molecular flexibility index (Phi) is 2.98. The SMILES string of the molecule is Cc1cccc(-c2cccc3c(N)c4ccccc4c(N)c23)c1. The summed E-state index contributed by atoms with van der Waals surface area (Å²) >= 11 is 0. The van der Waals surface area contributed by atoms with E-state index in [9.17, 15) is 0 Å². The average Bonchev–Trinajstić information content (AvgIpc) is 2.59. The lowest BCUT2D eigenvalue weighted by Crippen LogP contribution is -1.97. The van der Waals surface area contributed by atoms with Crippen LogP contribution in [0.4, 0.5) is 11.4 Å². The van der Waals surface area contributed by atoms with Gasteiger partial charge in [0.2, 0.25) is 0 Å². The van der Waals surface area contributed by atoms with Gasteiger partial charge in [-0.05, 0) is 18.1 Å². The van der Waals surface area contributed by atoms with E-state index < -0.39 is 0 Å². The van der Waals surface area contributed by atoms with Gasteiger partial charge in [-0.15, -0.1) is 0 Å². The molecule has 4 aromatic rings. The Labute approximate surface area is 135 Å². The van der Waals surface area contributed by atoms with Crippen LogP contribution in [0.1, 0.15) is 5.56 Å². The molecule has 0 spiro atoms. The molecule has 0 aromatic heterocycles. The first-order valence-corrected chi connectivity index (χ1v) is 7.72. The summed E-state index contributed by atoms with van der Waals surface area (Å²) in [4.78, 5) is 0. The van der Waals surface area contributed by atoms with Crippen LogP contribution < -0.4 is 11.5 Å².